The van der Waals surface area contributed by atoms with Crippen LogP contribution in [-0.2, 0) is 13.0 Å². The Morgan fingerprint density at radius 3 is 2.94 bits per heavy atom. The Balaban J connectivity index is 1.25. The Bertz CT molecular complexity index is 1370. The molecule has 0 aliphatic heterocycles. The highest BCUT2D eigenvalue weighted by atomic mass is 16.5. The van der Waals surface area contributed by atoms with Crippen LogP contribution in [0.1, 0.15) is 11.3 Å². The lowest BCUT2D eigenvalue weighted by Crippen LogP contribution is -2.08. The molecule has 0 saturated heterocycles. The molecular weight excluding hydrogens is 404 g/mol. The van der Waals surface area contributed by atoms with Crippen LogP contribution in [0.3, 0.4) is 0 Å². The van der Waals surface area contributed by atoms with Gasteiger partial charge in [0.25, 0.3) is 0 Å². The van der Waals surface area contributed by atoms with E-state index in [0.717, 1.165) is 45.4 Å². The number of nitrogens with zero attached hydrogens (tertiary/aromatic N) is 2. The molecular formula is C24H24N6O2. The van der Waals surface area contributed by atoms with Crippen molar-refractivity contribution in [3.05, 3.63) is 72.2 Å². The second-order valence-corrected chi connectivity index (χ2v) is 7.52. The van der Waals surface area contributed by atoms with Gasteiger partial charge in [0.2, 0.25) is 5.95 Å². The molecule has 5 N–H and O–H groups in total. The number of aliphatic hydroxyl groups is 1. The number of methoxy groups -OCH3 is 1. The van der Waals surface area contributed by atoms with Crippen LogP contribution in [0.15, 0.2) is 60.9 Å². The SMILES string of the molecule is COc1cccc2c(CCNc3nccc(Nc4ccc5[nH]c(CO)cc5c4)n3)c[nH]c12. The van der Waals surface area contributed by atoms with Crippen LogP contribution in [0.2, 0.25) is 0 Å². The molecule has 0 spiro atoms. The lowest BCUT2D eigenvalue weighted by Gasteiger charge is -2.09. The van der Waals surface area contributed by atoms with Gasteiger partial charge in [-0.1, -0.05) is 12.1 Å². The summed E-state index contributed by atoms with van der Waals surface area (Å²) in [5.74, 6) is 2.11. The van der Waals surface area contributed by atoms with Gasteiger partial charge in [0, 0.05) is 46.6 Å². The van der Waals surface area contributed by atoms with Crippen LogP contribution < -0.4 is 15.4 Å². The molecule has 0 saturated carbocycles. The molecule has 3 aromatic heterocycles. The number of hydrogen-bond acceptors (Lipinski definition) is 6. The summed E-state index contributed by atoms with van der Waals surface area (Å²) in [6, 6.07) is 15.8. The monoisotopic (exact) mass is 428 g/mol. The third-order valence-corrected chi connectivity index (χ3v) is 5.44. The Morgan fingerprint density at radius 1 is 1.12 bits per heavy atom. The highest BCUT2D eigenvalue weighted by molar-refractivity contribution is 5.88. The lowest BCUT2D eigenvalue weighted by molar-refractivity contribution is 0.278. The minimum Gasteiger partial charge on any atom is -0.495 e. The molecule has 0 atom stereocenters. The van der Waals surface area contributed by atoms with Crippen molar-refractivity contribution in [2.75, 3.05) is 24.3 Å². The maximum Gasteiger partial charge on any atom is 0.224 e. The number of ether oxygens (including phenoxy) is 1. The van der Waals surface area contributed by atoms with Crippen molar-refractivity contribution in [3.8, 4) is 5.75 Å². The van der Waals surface area contributed by atoms with E-state index >= 15 is 0 Å². The van der Waals surface area contributed by atoms with Gasteiger partial charge in [0.1, 0.15) is 11.6 Å². The molecule has 8 nitrogen and oxygen atoms in total. The van der Waals surface area contributed by atoms with E-state index in [9.17, 15) is 5.11 Å². The number of benzene rings is 2. The van der Waals surface area contributed by atoms with E-state index in [-0.39, 0.29) is 6.61 Å². The number of aromatic amines is 2. The van der Waals surface area contributed by atoms with Crippen molar-refractivity contribution in [2.45, 2.75) is 13.0 Å². The molecule has 3 heterocycles. The van der Waals surface area contributed by atoms with Crippen LogP contribution in [0.5, 0.6) is 5.75 Å². The van der Waals surface area contributed by atoms with E-state index in [2.05, 4.69) is 36.6 Å². The topological polar surface area (TPSA) is 111 Å². The standard InChI is InChI=1S/C24H24N6O2/c1-32-21-4-2-3-19-15(13-27-23(19)21)7-9-25-24-26-10-8-22(30-24)29-17-5-6-20-16(11-17)12-18(14-31)28-20/h2-6,8,10-13,27-28,31H,7,9,14H2,1H3,(H2,25,26,29,30). The fraction of sp³-hybridized carbons (Fsp3) is 0.167. The smallest absolute Gasteiger partial charge is 0.224 e. The van der Waals surface area contributed by atoms with Crippen molar-refractivity contribution < 1.29 is 9.84 Å². The number of H-pyrrole nitrogens is 2. The zero-order chi connectivity index (χ0) is 21.9. The molecule has 0 aliphatic carbocycles. The molecule has 0 radical (unpaired) electrons. The molecule has 162 valence electrons. The molecule has 5 rings (SSSR count). The summed E-state index contributed by atoms with van der Waals surface area (Å²) in [6.45, 7) is 0.692. The molecule has 0 aliphatic rings. The Kier molecular flexibility index (Phi) is 5.35. The predicted molar refractivity (Wildman–Crippen MR) is 127 cm³/mol. The summed E-state index contributed by atoms with van der Waals surface area (Å²) in [5, 5.41) is 18.1. The second-order valence-electron chi connectivity index (χ2n) is 7.52. The predicted octanol–water partition coefficient (Wildman–Crippen LogP) is 4.34. The van der Waals surface area contributed by atoms with Gasteiger partial charge < -0.3 is 30.4 Å². The maximum absolute atomic E-state index is 9.30. The van der Waals surface area contributed by atoms with Gasteiger partial charge in [-0.15, -0.1) is 0 Å². The third-order valence-electron chi connectivity index (χ3n) is 5.44. The summed E-state index contributed by atoms with van der Waals surface area (Å²) in [7, 11) is 1.68. The van der Waals surface area contributed by atoms with Gasteiger partial charge in [-0.05, 0) is 48.4 Å². The number of rotatable bonds is 8. The first-order chi connectivity index (χ1) is 15.7. The van der Waals surface area contributed by atoms with Crippen molar-refractivity contribution in [3.63, 3.8) is 0 Å². The largest absolute Gasteiger partial charge is 0.495 e. The summed E-state index contributed by atoms with van der Waals surface area (Å²) in [5.41, 5.74) is 4.91. The zero-order valence-electron chi connectivity index (χ0n) is 17.6. The Labute approximate surface area is 184 Å². The van der Waals surface area contributed by atoms with Crippen molar-refractivity contribution in [1.29, 1.82) is 0 Å². The van der Waals surface area contributed by atoms with E-state index in [0.29, 0.717) is 18.3 Å². The fourth-order valence-corrected chi connectivity index (χ4v) is 3.89. The number of aromatic nitrogens is 4. The van der Waals surface area contributed by atoms with E-state index in [1.807, 2.05) is 48.7 Å². The minimum absolute atomic E-state index is 0.00945. The van der Waals surface area contributed by atoms with Gasteiger partial charge >= 0.3 is 0 Å². The Hall–Kier alpha value is -4.04. The quantitative estimate of drug-likeness (QED) is 0.251. The van der Waals surface area contributed by atoms with Crippen LogP contribution in [0.4, 0.5) is 17.5 Å². The molecule has 2 aromatic carbocycles. The van der Waals surface area contributed by atoms with E-state index in [1.165, 1.54) is 5.56 Å². The molecule has 8 heteroatoms. The first-order valence-electron chi connectivity index (χ1n) is 10.4. The third kappa shape index (κ3) is 3.95. The summed E-state index contributed by atoms with van der Waals surface area (Å²) in [6.07, 6.45) is 4.57. The maximum atomic E-state index is 9.30. The van der Waals surface area contributed by atoms with E-state index in [1.54, 1.807) is 13.3 Å². The summed E-state index contributed by atoms with van der Waals surface area (Å²) < 4.78 is 5.42. The van der Waals surface area contributed by atoms with Crippen molar-refractivity contribution in [2.24, 2.45) is 0 Å². The van der Waals surface area contributed by atoms with Crippen molar-refractivity contribution in [1.82, 2.24) is 19.9 Å². The molecule has 0 amide bonds. The van der Waals surface area contributed by atoms with E-state index in [4.69, 9.17) is 4.74 Å². The minimum atomic E-state index is -0.00945. The molecule has 32 heavy (non-hydrogen) atoms. The van der Waals surface area contributed by atoms with Gasteiger partial charge in [-0.2, -0.15) is 4.98 Å². The second kappa shape index (κ2) is 8.60. The average molecular weight is 428 g/mol. The fourth-order valence-electron chi connectivity index (χ4n) is 3.89. The van der Waals surface area contributed by atoms with Crippen LogP contribution in [0, 0.1) is 0 Å². The number of anilines is 3. The summed E-state index contributed by atoms with van der Waals surface area (Å²) in [4.78, 5) is 15.4. The summed E-state index contributed by atoms with van der Waals surface area (Å²) >= 11 is 0. The first kappa shape index (κ1) is 19.9. The van der Waals surface area contributed by atoms with Crippen molar-refractivity contribution >= 4 is 39.3 Å². The first-order valence-corrected chi connectivity index (χ1v) is 10.4. The normalized spacial score (nSPS) is 11.2. The highest BCUT2D eigenvalue weighted by Crippen LogP contribution is 2.27. The number of para-hydroxylation sites is 1. The van der Waals surface area contributed by atoms with Crippen LogP contribution >= 0.6 is 0 Å². The highest BCUT2D eigenvalue weighted by Gasteiger charge is 2.08. The van der Waals surface area contributed by atoms with Gasteiger partial charge in [-0.3, -0.25) is 0 Å². The number of aliphatic hydroxyl groups excluding tert-OH is 1. The van der Waals surface area contributed by atoms with Gasteiger partial charge in [-0.25, -0.2) is 4.98 Å². The lowest BCUT2D eigenvalue weighted by atomic mass is 10.1. The number of nitrogens with one attached hydrogen (secondary N) is 4. The zero-order valence-corrected chi connectivity index (χ0v) is 17.6. The molecule has 0 unspecified atom stereocenters. The average Bonchev–Trinajstić information content (AvgIpc) is 3.43. The van der Waals surface area contributed by atoms with Crippen LogP contribution in [-0.4, -0.2) is 38.7 Å². The number of hydrogen-bond donors (Lipinski definition) is 5. The molecule has 5 aromatic rings. The van der Waals surface area contributed by atoms with Gasteiger partial charge in [0.15, 0.2) is 0 Å². The molecule has 0 fully saturated rings. The Morgan fingerprint density at radius 2 is 2.06 bits per heavy atom. The van der Waals surface area contributed by atoms with Gasteiger partial charge in [0.05, 0.1) is 19.2 Å². The molecule has 0 bridgehead atoms. The number of fused-ring (bicyclic) bond motifs is 2. The van der Waals surface area contributed by atoms with Crippen LogP contribution in [0.25, 0.3) is 21.8 Å². The van der Waals surface area contributed by atoms with E-state index < -0.39 is 0 Å².